The van der Waals surface area contributed by atoms with Crippen LogP contribution in [0.15, 0.2) is 65.5 Å². The second kappa shape index (κ2) is 7.41. The van der Waals surface area contributed by atoms with Crippen LogP contribution in [0.1, 0.15) is 24.0 Å². The lowest BCUT2D eigenvalue weighted by molar-refractivity contribution is -0.263. The van der Waals surface area contributed by atoms with Crippen LogP contribution >= 0.6 is 0 Å². The number of fused-ring (bicyclic) bond motifs is 1. The zero-order chi connectivity index (χ0) is 20.5. The molecule has 1 heterocycles. The Bertz CT molecular complexity index is 1140. The Morgan fingerprint density at radius 2 is 1.72 bits per heavy atom. The van der Waals surface area contributed by atoms with E-state index in [1.807, 2.05) is 0 Å². The second-order valence-corrected chi connectivity index (χ2v) is 7.10. The van der Waals surface area contributed by atoms with Gasteiger partial charge in [0.05, 0.1) is 12.2 Å². The van der Waals surface area contributed by atoms with Crippen molar-refractivity contribution in [2.45, 2.75) is 31.2 Å². The van der Waals surface area contributed by atoms with Crippen LogP contribution in [0.5, 0.6) is 0 Å². The first-order chi connectivity index (χ1) is 13.9. The third-order valence-corrected chi connectivity index (χ3v) is 4.86. The Balaban J connectivity index is 1.88. The van der Waals surface area contributed by atoms with Crippen molar-refractivity contribution in [3.8, 4) is 11.8 Å². The van der Waals surface area contributed by atoms with Gasteiger partial charge in [-0.05, 0) is 35.9 Å². The highest BCUT2D eigenvalue weighted by Gasteiger charge is 2.58. The van der Waals surface area contributed by atoms with Crippen LogP contribution in [0.25, 0.3) is 10.9 Å². The predicted octanol–water partition coefficient (Wildman–Crippen LogP) is 4.92. The molecule has 148 valence electrons. The number of benzene rings is 2. The van der Waals surface area contributed by atoms with Crippen LogP contribution in [0, 0.1) is 17.8 Å². The van der Waals surface area contributed by atoms with Gasteiger partial charge in [-0.1, -0.05) is 60.4 Å². The maximum atomic E-state index is 14.4. The predicted molar refractivity (Wildman–Crippen MR) is 104 cm³/mol. The molecule has 1 N–H and O–H groups in total. The first-order valence-corrected chi connectivity index (χ1v) is 9.29. The average Bonchev–Trinajstić information content (AvgIpc) is 3.52. The number of pyridine rings is 1. The number of hydrogen-bond acceptors (Lipinski definition) is 2. The van der Waals surface area contributed by atoms with Gasteiger partial charge in [-0.15, -0.1) is 0 Å². The van der Waals surface area contributed by atoms with Gasteiger partial charge < -0.3 is 9.72 Å². The van der Waals surface area contributed by atoms with Crippen molar-refractivity contribution < 1.29 is 17.9 Å². The number of alkyl halides is 3. The number of nitrogens with one attached hydrogen (secondary N) is 1. The summed E-state index contributed by atoms with van der Waals surface area (Å²) >= 11 is 0. The molecule has 0 radical (unpaired) electrons. The molecule has 1 aliphatic rings. The molecular weight excluding hydrogens is 379 g/mol. The molecule has 3 nitrogen and oxygen atoms in total. The van der Waals surface area contributed by atoms with Crippen molar-refractivity contribution in [2.24, 2.45) is 5.92 Å². The van der Waals surface area contributed by atoms with E-state index in [-0.39, 0.29) is 12.5 Å². The number of hydrogen-bond donors (Lipinski definition) is 1. The lowest BCUT2D eigenvalue weighted by Crippen LogP contribution is -2.47. The van der Waals surface area contributed by atoms with Gasteiger partial charge in [0, 0.05) is 11.4 Å². The summed E-state index contributed by atoms with van der Waals surface area (Å²) in [6, 6.07) is 16.4. The highest BCUT2D eigenvalue weighted by molar-refractivity contribution is 5.79. The normalized spacial score (nSPS) is 16.1. The molecule has 29 heavy (non-hydrogen) atoms. The Morgan fingerprint density at radius 1 is 1.03 bits per heavy atom. The van der Waals surface area contributed by atoms with Gasteiger partial charge in [0.2, 0.25) is 0 Å². The summed E-state index contributed by atoms with van der Waals surface area (Å²) < 4.78 is 48.8. The van der Waals surface area contributed by atoms with Crippen LogP contribution in [0.3, 0.4) is 0 Å². The van der Waals surface area contributed by atoms with Gasteiger partial charge in [0.15, 0.2) is 0 Å². The molecular formula is C23H18F3NO2. The van der Waals surface area contributed by atoms with Gasteiger partial charge in [-0.25, -0.2) is 0 Å². The fourth-order valence-electron chi connectivity index (χ4n) is 3.09. The van der Waals surface area contributed by atoms with Gasteiger partial charge in [0.25, 0.3) is 11.2 Å². The van der Waals surface area contributed by atoms with Crippen molar-refractivity contribution in [3.63, 3.8) is 0 Å². The van der Waals surface area contributed by atoms with E-state index < -0.39 is 22.9 Å². The lowest BCUT2D eigenvalue weighted by Gasteiger charge is -2.31. The number of H-pyrrole nitrogens is 1. The average molecular weight is 397 g/mol. The van der Waals surface area contributed by atoms with Gasteiger partial charge in [-0.3, -0.25) is 4.79 Å². The summed E-state index contributed by atoms with van der Waals surface area (Å²) in [5.41, 5.74) is -3.41. The molecule has 0 bridgehead atoms. The second-order valence-electron chi connectivity index (χ2n) is 7.10. The Labute approximate surface area is 165 Å². The number of ether oxygens (including phenoxy) is 1. The fourth-order valence-corrected chi connectivity index (χ4v) is 3.09. The van der Waals surface area contributed by atoms with Crippen LogP contribution in [-0.4, -0.2) is 11.2 Å². The molecule has 3 aromatic rings. The molecule has 1 fully saturated rings. The van der Waals surface area contributed by atoms with E-state index in [0.717, 1.165) is 12.8 Å². The highest BCUT2D eigenvalue weighted by atomic mass is 19.4. The summed E-state index contributed by atoms with van der Waals surface area (Å²) in [7, 11) is 0. The number of aromatic nitrogens is 1. The molecule has 0 saturated heterocycles. The molecule has 2 aromatic carbocycles. The van der Waals surface area contributed by atoms with E-state index in [4.69, 9.17) is 4.74 Å². The number of halogens is 3. The molecule has 0 unspecified atom stereocenters. The van der Waals surface area contributed by atoms with E-state index in [0.29, 0.717) is 16.5 Å². The van der Waals surface area contributed by atoms with E-state index >= 15 is 0 Å². The zero-order valence-corrected chi connectivity index (χ0v) is 15.4. The zero-order valence-electron chi connectivity index (χ0n) is 15.4. The van der Waals surface area contributed by atoms with E-state index in [1.54, 1.807) is 54.6 Å². The minimum Gasteiger partial charge on any atom is -0.345 e. The minimum atomic E-state index is -4.90. The third-order valence-electron chi connectivity index (χ3n) is 4.86. The van der Waals surface area contributed by atoms with Gasteiger partial charge >= 0.3 is 6.18 Å². The SMILES string of the molecule is O=c1[nH]c2ccccc2cc1[C@](C#CC1CC1)(OCc1ccccc1)C(F)(F)F. The van der Waals surface area contributed by atoms with E-state index in [1.165, 1.54) is 6.07 Å². The van der Waals surface area contributed by atoms with Crippen molar-refractivity contribution in [1.82, 2.24) is 4.98 Å². The Hall–Kier alpha value is -3.04. The molecule has 1 aromatic heterocycles. The smallest absolute Gasteiger partial charge is 0.345 e. The van der Waals surface area contributed by atoms with Gasteiger partial charge in [-0.2, -0.15) is 13.2 Å². The van der Waals surface area contributed by atoms with Crippen molar-refractivity contribution in [2.75, 3.05) is 0 Å². The first kappa shape index (κ1) is 19.3. The molecule has 1 atom stereocenters. The fraction of sp³-hybridized carbons (Fsp3) is 0.261. The number of aromatic amines is 1. The van der Waals surface area contributed by atoms with Crippen LogP contribution in [-0.2, 0) is 16.9 Å². The first-order valence-electron chi connectivity index (χ1n) is 9.29. The summed E-state index contributed by atoms with van der Waals surface area (Å²) in [4.78, 5) is 15.2. The maximum Gasteiger partial charge on any atom is 0.433 e. The standard InChI is InChI=1S/C23H18F3NO2/c24-23(25,26)22(13-12-16-10-11-16,29-15-17-6-2-1-3-7-17)19-14-18-8-4-5-9-20(18)27-21(19)28/h1-9,14,16H,10-11,15H2,(H,27,28)/t22-/m0/s1. The number of rotatable bonds is 4. The van der Waals surface area contributed by atoms with Crippen LogP contribution in [0.2, 0.25) is 0 Å². The van der Waals surface area contributed by atoms with Crippen LogP contribution in [0.4, 0.5) is 13.2 Å². The minimum absolute atomic E-state index is 0.0865. The summed E-state index contributed by atoms with van der Waals surface area (Å²) in [5.74, 6) is 4.89. The summed E-state index contributed by atoms with van der Waals surface area (Å²) in [5, 5.41) is 0.479. The summed E-state index contributed by atoms with van der Waals surface area (Å²) in [6.45, 7) is -0.327. The van der Waals surface area contributed by atoms with Gasteiger partial charge in [0.1, 0.15) is 0 Å². The molecule has 4 rings (SSSR count). The van der Waals surface area contributed by atoms with Crippen LogP contribution < -0.4 is 5.56 Å². The summed E-state index contributed by atoms with van der Waals surface area (Å²) in [6.07, 6.45) is -3.39. The topological polar surface area (TPSA) is 42.1 Å². The highest BCUT2D eigenvalue weighted by Crippen LogP contribution is 2.42. The number of para-hydroxylation sites is 1. The Morgan fingerprint density at radius 3 is 2.41 bits per heavy atom. The molecule has 0 amide bonds. The molecule has 6 heteroatoms. The quantitative estimate of drug-likeness (QED) is 0.636. The van der Waals surface area contributed by atoms with Crippen molar-refractivity contribution in [1.29, 1.82) is 0 Å². The van der Waals surface area contributed by atoms with Crippen molar-refractivity contribution in [3.05, 3.63) is 82.1 Å². The molecule has 1 aliphatic carbocycles. The molecule has 0 aliphatic heterocycles. The van der Waals surface area contributed by atoms with E-state index in [2.05, 4.69) is 16.8 Å². The molecule has 1 saturated carbocycles. The largest absolute Gasteiger partial charge is 0.433 e. The monoisotopic (exact) mass is 397 g/mol. The lowest BCUT2D eigenvalue weighted by atomic mass is 9.92. The van der Waals surface area contributed by atoms with E-state index in [9.17, 15) is 18.0 Å². The molecule has 0 spiro atoms. The van der Waals surface area contributed by atoms with Crippen molar-refractivity contribution >= 4 is 10.9 Å². The Kier molecular flexibility index (Phi) is 4.93. The third kappa shape index (κ3) is 3.92. The maximum absolute atomic E-state index is 14.4.